The van der Waals surface area contributed by atoms with Gasteiger partial charge in [-0.15, -0.1) is 0 Å². The van der Waals surface area contributed by atoms with Crippen molar-refractivity contribution in [2.75, 3.05) is 54.9 Å². The lowest BCUT2D eigenvalue weighted by molar-refractivity contribution is -0.0616. The number of rotatable bonds is 24. The fourth-order valence-electron chi connectivity index (χ4n) is 11.9. The summed E-state index contributed by atoms with van der Waals surface area (Å²) in [6.45, 7) is 52.6. The molecule has 2 atom stereocenters. The van der Waals surface area contributed by atoms with E-state index < -0.39 is 0 Å². The van der Waals surface area contributed by atoms with E-state index in [1.54, 1.807) is 28.4 Å². The molecule has 0 radical (unpaired) electrons. The smallest absolute Gasteiger partial charge is 0.196 e. The standard InChI is InChI=1S/C21H24.C19H23N.2C14H22O3.2C14H22O2.18CH4/c1-21(2,3)14-8-10-17-15-16-9-4-5-11-18(16)20-13-7-6-12-19(17)20;1-19(2,3)13-8-14-20-17-11-6-4-9-15(17)16-10-5-7-12-18(16)20;2*1-14(2,3)10-17-12-7-6-11(9-15-4)8-13(12)16-5;2*1-6-15-11(2)16-13-9-7-12(8-10-13)14(3,4)5;;;;;;;;;;;;;;;;;;/h4-7,9,11-13,15H,8,10,14H2,1-3H3;4-7,9-12H,8,13-14H2,1-3H3;2*6-8H,9-10H2,1-5H3;2*7-11H,6H2,1-5H3;18*1H4. The molecular formula is C114H207NO10. The van der Waals surface area contributed by atoms with Gasteiger partial charge in [0.15, 0.2) is 35.6 Å². The maximum atomic E-state index is 5.76. The summed E-state index contributed by atoms with van der Waals surface area (Å²) in [4.78, 5) is 0. The van der Waals surface area contributed by atoms with Crippen LogP contribution in [0.15, 0.2) is 188 Å². The van der Waals surface area contributed by atoms with E-state index >= 15 is 0 Å². The van der Waals surface area contributed by atoms with Gasteiger partial charge in [-0.1, -0.05) is 386 Å². The van der Waals surface area contributed by atoms with E-state index in [0.717, 1.165) is 52.2 Å². The van der Waals surface area contributed by atoms with E-state index in [0.29, 0.717) is 50.5 Å². The van der Waals surface area contributed by atoms with E-state index in [2.05, 4.69) is 257 Å². The minimum atomic E-state index is -0.189. The number of hydrogen-bond donors (Lipinski definition) is 0. The zero-order valence-electron chi connectivity index (χ0n) is 70.6. The van der Waals surface area contributed by atoms with Crippen molar-refractivity contribution in [2.45, 2.75) is 361 Å². The van der Waals surface area contributed by atoms with Crippen molar-refractivity contribution in [1.82, 2.24) is 4.57 Å². The van der Waals surface area contributed by atoms with Crippen LogP contribution >= 0.6 is 0 Å². The number of hydrogen-bond acceptors (Lipinski definition) is 10. The Morgan fingerprint density at radius 2 is 0.640 bits per heavy atom. The van der Waals surface area contributed by atoms with Crippen molar-refractivity contribution in [1.29, 1.82) is 0 Å². The van der Waals surface area contributed by atoms with Crippen molar-refractivity contribution in [3.8, 4) is 34.5 Å². The molecule has 0 bridgehead atoms. The molecule has 0 saturated heterocycles. The first-order valence-electron chi connectivity index (χ1n) is 38.6. The van der Waals surface area contributed by atoms with E-state index in [1.807, 2.05) is 88.4 Å². The predicted molar refractivity (Wildman–Crippen MR) is 574 cm³/mol. The Bertz CT molecular complexity index is 3990. The number of para-hydroxylation sites is 2. The van der Waals surface area contributed by atoms with Crippen LogP contribution in [0.4, 0.5) is 0 Å². The van der Waals surface area contributed by atoms with Gasteiger partial charge in [0, 0.05) is 55.8 Å². The zero-order valence-corrected chi connectivity index (χ0v) is 70.6. The molecule has 10 aromatic rings. The van der Waals surface area contributed by atoms with Crippen molar-refractivity contribution in [3.05, 3.63) is 216 Å². The van der Waals surface area contributed by atoms with Gasteiger partial charge < -0.3 is 51.9 Å². The molecule has 11 heteroatoms. The highest BCUT2D eigenvalue weighted by Gasteiger charge is 2.20. The molecule has 0 aliphatic carbocycles. The van der Waals surface area contributed by atoms with Crippen molar-refractivity contribution in [3.63, 3.8) is 0 Å². The van der Waals surface area contributed by atoms with Crippen LogP contribution in [0.1, 0.15) is 340 Å². The monoisotopic (exact) mass is 1750 g/mol. The first-order chi connectivity index (χ1) is 50.4. The van der Waals surface area contributed by atoms with Crippen molar-refractivity contribution < 1.29 is 47.4 Å². The number of ether oxygens (including phenoxy) is 10. The largest absolute Gasteiger partial charge is 0.493 e. The third-order valence-electron chi connectivity index (χ3n) is 17.5. The summed E-state index contributed by atoms with van der Waals surface area (Å²) < 4.78 is 56.6. The number of aryl methyl sites for hydroxylation is 2. The Labute approximate surface area is 778 Å². The molecule has 0 N–H and O–H groups in total. The molecule has 0 spiro atoms. The summed E-state index contributed by atoms with van der Waals surface area (Å²) in [7, 11) is 6.65. The molecule has 2 unspecified atom stereocenters. The first-order valence-corrected chi connectivity index (χ1v) is 38.6. The molecule has 728 valence electrons. The first kappa shape index (κ1) is 148. The average molecular weight is 1750 g/mol. The maximum Gasteiger partial charge on any atom is 0.196 e. The van der Waals surface area contributed by atoms with Gasteiger partial charge in [0.05, 0.1) is 40.6 Å². The molecule has 1 aromatic heterocycles. The predicted octanol–water partition coefficient (Wildman–Crippen LogP) is 37.5. The van der Waals surface area contributed by atoms with Crippen LogP contribution in [0.5, 0.6) is 34.5 Å². The van der Waals surface area contributed by atoms with E-state index in [9.17, 15) is 0 Å². The number of aromatic nitrogens is 1. The van der Waals surface area contributed by atoms with E-state index in [1.165, 1.54) is 92.1 Å². The van der Waals surface area contributed by atoms with Gasteiger partial charge in [-0.3, -0.25) is 0 Å². The lowest BCUT2D eigenvalue weighted by Gasteiger charge is -2.20. The summed E-state index contributed by atoms with van der Waals surface area (Å²) >= 11 is 0. The molecule has 0 aliphatic rings. The second kappa shape index (κ2) is 70.9. The molecule has 0 fully saturated rings. The Morgan fingerprint density at radius 1 is 0.320 bits per heavy atom. The van der Waals surface area contributed by atoms with Crippen LogP contribution in [0.25, 0.3) is 43.4 Å². The minimum absolute atomic E-state index is 0. The van der Waals surface area contributed by atoms with Crippen molar-refractivity contribution in [2.24, 2.45) is 21.7 Å². The second-order valence-electron chi connectivity index (χ2n) is 34.4. The number of methoxy groups -OCH3 is 4. The summed E-state index contributed by atoms with van der Waals surface area (Å²) in [5, 5.41) is 8.29. The molecule has 11 nitrogen and oxygen atoms in total. The second-order valence-corrected chi connectivity index (χ2v) is 34.4. The SMILES string of the molecule is C.C.C.C.C.C.C.C.C.C.C.C.C.C.C.C.C.C.CC(C)(C)CCCc1cc2ccccc2c2ccccc12.CC(C)(C)CCCn1c2ccccc2c2ccccc21.CCOC(C)Oc1ccc(C(C)(C)C)cc1.CCOC(C)Oc1ccc(C(C)(C)C)cc1.COCc1ccc(OCC(C)(C)C)c(OC)c1.COCc1ccc(OCC(C)(C)C)c(OC)c1. The lowest BCUT2D eigenvalue weighted by atomic mass is 9.87. The quantitative estimate of drug-likeness (QED) is 0.0430. The molecular weight excluding hydrogens is 1540 g/mol. The van der Waals surface area contributed by atoms with Crippen LogP contribution in [-0.2, 0) is 56.0 Å². The third kappa shape index (κ3) is 53.4. The number of nitrogens with zero attached hydrogens (tertiary/aromatic N) is 1. The topological polar surface area (TPSA) is 97.2 Å². The summed E-state index contributed by atoms with van der Waals surface area (Å²) in [6, 6.07) is 65.6. The molecule has 0 amide bonds. The van der Waals surface area contributed by atoms with E-state index in [-0.39, 0.29) is 168 Å². The van der Waals surface area contributed by atoms with Gasteiger partial charge in [-0.2, -0.15) is 0 Å². The van der Waals surface area contributed by atoms with Gasteiger partial charge in [0.1, 0.15) is 11.5 Å². The fourth-order valence-corrected chi connectivity index (χ4v) is 11.9. The highest BCUT2D eigenvalue weighted by atomic mass is 16.7. The Hall–Kier alpha value is -8.06. The third-order valence-corrected chi connectivity index (χ3v) is 17.5. The Kier molecular flexibility index (Phi) is 84.2. The highest BCUT2D eigenvalue weighted by Crippen LogP contribution is 2.36. The fraction of sp³-hybridized carbons (Fsp3) is 0.561. The molecule has 125 heavy (non-hydrogen) atoms. The van der Waals surface area contributed by atoms with Crippen LogP contribution in [-0.4, -0.2) is 72.0 Å². The Balaban J connectivity index is -0.0000000961. The van der Waals surface area contributed by atoms with Gasteiger partial charge >= 0.3 is 0 Å². The number of fused-ring (bicyclic) bond motifs is 6. The van der Waals surface area contributed by atoms with Crippen LogP contribution in [0, 0.1) is 21.7 Å². The molecule has 0 saturated carbocycles. The summed E-state index contributed by atoms with van der Waals surface area (Å²) in [6.07, 6.45) is 5.80. The van der Waals surface area contributed by atoms with Gasteiger partial charge in [0.25, 0.3) is 0 Å². The normalized spacial score (nSPS) is 10.6. The van der Waals surface area contributed by atoms with Crippen LogP contribution < -0.4 is 28.4 Å². The van der Waals surface area contributed by atoms with Crippen molar-refractivity contribution >= 4 is 43.4 Å². The highest BCUT2D eigenvalue weighted by molar-refractivity contribution is 6.09. The van der Waals surface area contributed by atoms with Gasteiger partial charge in [-0.25, -0.2) is 0 Å². The average Bonchev–Trinajstić information content (AvgIpc) is 1.47. The molecule has 9 aromatic carbocycles. The number of benzene rings is 9. The molecule has 0 aliphatic heterocycles. The van der Waals surface area contributed by atoms with Crippen LogP contribution in [0.3, 0.4) is 0 Å². The van der Waals surface area contributed by atoms with Gasteiger partial charge in [0.2, 0.25) is 0 Å². The van der Waals surface area contributed by atoms with Crippen LogP contribution in [0.2, 0.25) is 0 Å². The minimum Gasteiger partial charge on any atom is -0.493 e. The molecule has 10 rings (SSSR count). The summed E-state index contributed by atoms with van der Waals surface area (Å²) in [5.74, 6) is 4.78. The maximum absolute atomic E-state index is 5.76. The Morgan fingerprint density at radius 3 is 0.960 bits per heavy atom. The van der Waals surface area contributed by atoms with Gasteiger partial charge in [-0.05, 0) is 202 Å². The van der Waals surface area contributed by atoms with E-state index in [4.69, 9.17) is 47.4 Å². The lowest BCUT2D eigenvalue weighted by Crippen LogP contribution is -2.17. The molecule has 1 heterocycles. The zero-order chi connectivity index (χ0) is 79.2. The summed E-state index contributed by atoms with van der Waals surface area (Å²) in [5.41, 5.74) is 10.5.